The number of unbranched alkanes of at least 4 members (excludes halogenated alkanes) is 1. The van der Waals surface area contributed by atoms with E-state index in [9.17, 15) is 9.90 Å². The minimum atomic E-state index is -0.675. The summed E-state index contributed by atoms with van der Waals surface area (Å²) < 4.78 is 0. The molecule has 1 N–H and O–H groups in total. The van der Waals surface area contributed by atoms with Crippen molar-refractivity contribution < 1.29 is 9.90 Å². The quantitative estimate of drug-likeness (QED) is 0.676. The van der Waals surface area contributed by atoms with E-state index < -0.39 is 5.97 Å². The largest absolute Gasteiger partial charge is 0.480 e. The molecule has 1 atom stereocenters. The molecule has 15 heavy (non-hydrogen) atoms. The molecule has 0 aromatic heterocycles. The molecule has 0 heterocycles. The zero-order chi connectivity index (χ0) is 11.8. The van der Waals surface area contributed by atoms with Crippen LogP contribution in [0, 0.1) is 5.92 Å². The second-order valence-corrected chi connectivity index (χ2v) is 4.48. The average Bonchev–Trinajstić information content (AvgIpc) is 2.15. The van der Waals surface area contributed by atoms with Crippen LogP contribution in [0.2, 0.25) is 0 Å². The molecular weight excluding hydrogens is 190 g/mol. The van der Waals surface area contributed by atoms with Crippen LogP contribution < -0.4 is 0 Å². The number of nitrogens with zero attached hydrogens (tertiary/aromatic N) is 1. The first-order chi connectivity index (χ1) is 7.02. The molecule has 0 radical (unpaired) electrons. The summed E-state index contributed by atoms with van der Waals surface area (Å²) in [6, 6.07) is -0.294. The summed E-state index contributed by atoms with van der Waals surface area (Å²) in [5.74, 6) is -0.153. The zero-order valence-electron chi connectivity index (χ0n) is 10.5. The van der Waals surface area contributed by atoms with E-state index in [1.807, 2.05) is 6.92 Å². The van der Waals surface area contributed by atoms with Gasteiger partial charge in [0, 0.05) is 6.54 Å². The summed E-state index contributed by atoms with van der Waals surface area (Å²) in [7, 11) is 0. The van der Waals surface area contributed by atoms with Crippen molar-refractivity contribution in [2.24, 2.45) is 5.92 Å². The van der Waals surface area contributed by atoms with E-state index in [-0.39, 0.29) is 6.04 Å². The first-order valence-corrected chi connectivity index (χ1v) is 5.99. The van der Waals surface area contributed by atoms with Crippen molar-refractivity contribution in [1.29, 1.82) is 0 Å². The number of aliphatic carboxylic acids is 1. The van der Waals surface area contributed by atoms with Gasteiger partial charge in [-0.1, -0.05) is 40.5 Å². The van der Waals surface area contributed by atoms with Crippen molar-refractivity contribution in [3.05, 3.63) is 0 Å². The van der Waals surface area contributed by atoms with E-state index >= 15 is 0 Å². The Bertz CT molecular complexity index is 180. The predicted octanol–water partition coefficient (Wildman–Crippen LogP) is 2.61. The van der Waals surface area contributed by atoms with Gasteiger partial charge < -0.3 is 5.11 Å². The van der Waals surface area contributed by atoms with E-state index in [4.69, 9.17) is 0 Å². The van der Waals surface area contributed by atoms with Crippen molar-refractivity contribution in [1.82, 2.24) is 4.90 Å². The first kappa shape index (κ1) is 14.4. The molecule has 0 spiro atoms. The molecule has 0 aromatic carbocycles. The number of hydrogen-bond donors (Lipinski definition) is 1. The maximum absolute atomic E-state index is 11.1. The predicted molar refractivity (Wildman–Crippen MR) is 63.0 cm³/mol. The van der Waals surface area contributed by atoms with Crippen LogP contribution in [0.25, 0.3) is 0 Å². The van der Waals surface area contributed by atoms with Crippen molar-refractivity contribution in [3.8, 4) is 0 Å². The van der Waals surface area contributed by atoms with Crippen LogP contribution in [0.3, 0.4) is 0 Å². The van der Waals surface area contributed by atoms with Gasteiger partial charge in [-0.2, -0.15) is 0 Å². The van der Waals surface area contributed by atoms with Gasteiger partial charge >= 0.3 is 5.97 Å². The number of rotatable bonds is 8. The molecule has 0 aliphatic heterocycles. The Morgan fingerprint density at radius 3 is 2.27 bits per heavy atom. The first-order valence-electron chi connectivity index (χ1n) is 5.99. The van der Waals surface area contributed by atoms with Crippen LogP contribution in [0.4, 0.5) is 0 Å². The normalized spacial score (nSPS) is 13.5. The molecule has 1 unspecified atom stereocenters. The van der Waals surface area contributed by atoms with Gasteiger partial charge in [0.2, 0.25) is 0 Å². The third-order valence-corrected chi connectivity index (χ3v) is 2.56. The second-order valence-electron chi connectivity index (χ2n) is 4.48. The lowest BCUT2D eigenvalue weighted by atomic mass is 10.1. The molecule has 0 aliphatic carbocycles. The third kappa shape index (κ3) is 5.78. The fourth-order valence-corrected chi connectivity index (χ4v) is 1.81. The van der Waals surface area contributed by atoms with Gasteiger partial charge in [0.15, 0.2) is 0 Å². The number of hydrogen-bond acceptors (Lipinski definition) is 2. The van der Waals surface area contributed by atoms with Crippen molar-refractivity contribution >= 4 is 5.97 Å². The number of carboxylic acid groups (broad SMARTS) is 1. The Hall–Kier alpha value is -0.570. The maximum atomic E-state index is 11.1. The fraction of sp³-hybridized carbons (Fsp3) is 0.917. The van der Waals surface area contributed by atoms with Gasteiger partial charge in [-0.15, -0.1) is 0 Å². The topological polar surface area (TPSA) is 40.5 Å². The smallest absolute Gasteiger partial charge is 0.320 e. The number of likely N-dealkylation sites (N-methyl/N-ethyl adjacent to an activating group) is 1. The Morgan fingerprint density at radius 1 is 1.33 bits per heavy atom. The van der Waals surface area contributed by atoms with Gasteiger partial charge in [-0.05, 0) is 18.9 Å². The van der Waals surface area contributed by atoms with E-state index in [0.29, 0.717) is 5.92 Å². The molecule has 3 heteroatoms. The SMILES string of the molecule is CCCCC(C(=O)O)N(CC)CC(C)C. The van der Waals surface area contributed by atoms with Crippen molar-refractivity contribution in [3.63, 3.8) is 0 Å². The molecule has 90 valence electrons. The highest BCUT2D eigenvalue weighted by Crippen LogP contribution is 2.11. The van der Waals surface area contributed by atoms with Crippen LogP contribution in [-0.4, -0.2) is 35.1 Å². The van der Waals surface area contributed by atoms with Crippen molar-refractivity contribution in [2.75, 3.05) is 13.1 Å². The molecule has 0 fully saturated rings. The van der Waals surface area contributed by atoms with Crippen LogP contribution >= 0.6 is 0 Å². The highest BCUT2D eigenvalue weighted by molar-refractivity contribution is 5.73. The van der Waals surface area contributed by atoms with Gasteiger partial charge in [0.25, 0.3) is 0 Å². The molecular formula is C12H25NO2. The molecule has 0 saturated carbocycles. The molecule has 0 aliphatic rings. The minimum Gasteiger partial charge on any atom is -0.480 e. The van der Waals surface area contributed by atoms with E-state index in [2.05, 4.69) is 25.7 Å². The highest BCUT2D eigenvalue weighted by Gasteiger charge is 2.23. The van der Waals surface area contributed by atoms with Gasteiger partial charge in [0.1, 0.15) is 6.04 Å². The lowest BCUT2D eigenvalue weighted by Gasteiger charge is -2.29. The Kier molecular flexibility index (Phi) is 7.39. The molecule has 0 bridgehead atoms. The lowest BCUT2D eigenvalue weighted by molar-refractivity contribution is -0.143. The molecule has 3 nitrogen and oxygen atoms in total. The lowest BCUT2D eigenvalue weighted by Crippen LogP contribution is -2.43. The van der Waals surface area contributed by atoms with Crippen LogP contribution in [0.5, 0.6) is 0 Å². The monoisotopic (exact) mass is 215 g/mol. The summed E-state index contributed by atoms with van der Waals surface area (Å²) in [5, 5.41) is 9.17. The second kappa shape index (κ2) is 7.69. The molecule has 0 amide bonds. The van der Waals surface area contributed by atoms with Crippen LogP contribution in [-0.2, 0) is 4.79 Å². The zero-order valence-corrected chi connectivity index (χ0v) is 10.5. The standard InChI is InChI=1S/C12H25NO2/c1-5-7-8-11(12(14)15)13(6-2)9-10(3)4/h10-11H,5-9H2,1-4H3,(H,14,15). The molecule has 0 saturated heterocycles. The maximum Gasteiger partial charge on any atom is 0.320 e. The number of carboxylic acids is 1. The van der Waals surface area contributed by atoms with E-state index in [1.165, 1.54) is 0 Å². The summed E-state index contributed by atoms with van der Waals surface area (Å²) in [6.07, 6.45) is 2.82. The summed E-state index contributed by atoms with van der Waals surface area (Å²) >= 11 is 0. The van der Waals surface area contributed by atoms with Gasteiger partial charge in [-0.25, -0.2) is 0 Å². The summed E-state index contributed by atoms with van der Waals surface area (Å²) in [4.78, 5) is 13.2. The number of carbonyl (C=O) groups is 1. The summed E-state index contributed by atoms with van der Waals surface area (Å²) in [5.41, 5.74) is 0. The minimum absolute atomic E-state index is 0.294. The molecule has 0 rings (SSSR count). The molecule has 0 aromatic rings. The van der Waals surface area contributed by atoms with Crippen LogP contribution in [0.15, 0.2) is 0 Å². The highest BCUT2D eigenvalue weighted by atomic mass is 16.4. The average molecular weight is 215 g/mol. The third-order valence-electron chi connectivity index (χ3n) is 2.56. The van der Waals surface area contributed by atoms with Gasteiger partial charge in [0.05, 0.1) is 0 Å². The summed E-state index contributed by atoms with van der Waals surface area (Å²) in [6.45, 7) is 10.1. The van der Waals surface area contributed by atoms with Gasteiger partial charge in [-0.3, -0.25) is 9.69 Å². The van der Waals surface area contributed by atoms with Crippen molar-refractivity contribution in [2.45, 2.75) is 53.0 Å². The Morgan fingerprint density at radius 2 is 1.93 bits per heavy atom. The van der Waals surface area contributed by atoms with Crippen LogP contribution in [0.1, 0.15) is 47.0 Å². The Labute approximate surface area is 93.5 Å². The fourth-order valence-electron chi connectivity index (χ4n) is 1.81. The van der Waals surface area contributed by atoms with E-state index in [0.717, 1.165) is 32.4 Å². The Balaban J connectivity index is 4.33. The van der Waals surface area contributed by atoms with E-state index in [1.54, 1.807) is 0 Å².